The summed E-state index contributed by atoms with van der Waals surface area (Å²) in [6.45, 7) is 4.06. The maximum absolute atomic E-state index is 12.6. The minimum absolute atomic E-state index is 0.213. The minimum Gasteiger partial charge on any atom is -0.339 e. The number of benzene rings is 1. The van der Waals surface area contributed by atoms with E-state index >= 15 is 0 Å². The lowest BCUT2D eigenvalue weighted by Crippen LogP contribution is -2.32. The molecule has 2 aliphatic heterocycles. The molecule has 0 spiro atoms. The zero-order chi connectivity index (χ0) is 14.5. The summed E-state index contributed by atoms with van der Waals surface area (Å²) in [5, 5.41) is 3.45. The molecule has 0 aromatic heterocycles. The van der Waals surface area contributed by atoms with Gasteiger partial charge in [-0.3, -0.25) is 4.79 Å². The number of hydrogen-bond donors (Lipinski definition) is 1. The lowest BCUT2D eigenvalue weighted by Gasteiger charge is -2.24. The highest BCUT2D eigenvalue weighted by atomic mass is 16.2. The van der Waals surface area contributed by atoms with E-state index in [1.165, 1.54) is 31.2 Å². The average molecular weight is 286 g/mol. The topological polar surface area (TPSA) is 32.3 Å². The third kappa shape index (κ3) is 3.65. The molecule has 1 amide bonds. The summed E-state index contributed by atoms with van der Waals surface area (Å²) < 4.78 is 0. The molecule has 0 unspecified atom stereocenters. The number of amides is 1. The van der Waals surface area contributed by atoms with E-state index < -0.39 is 0 Å². The highest BCUT2D eigenvalue weighted by Crippen LogP contribution is 2.24. The Morgan fingerprint density at radius 3 is 2.33 bits per heavy atom. The minimum atomic E-state index is 0.213. The normalized spacial score (nSPS) is 23.6. The molecule has 0 saturated carbocycles. The first-order chi connectivity index (χ1) is 10.3. The zero-order valence-corrected chi connectivity index (χ0v) is 12.8. The van der Waals surface area contributed by atoms with Crippen molar-refractivity contribution in [2.45, 2.75) is 44.4 Å². The van der Waals surface area contributed by atoms with Crippen LogP contribution in [0.2, 0.25) is 0 Å². The van der Waals surface area contributed by atoms with Crippen LogP contribution in [0.4, 0.5) is 0 Å². The van der Waals surface area contributed by atoms with E-state index in [-0.39, 0.29) is 5.91 Å². The standard InChI is InChI=1S/C18H26N2O/c21-18(20-12-3-1-2-4-13-20)16-9-7-15(8-10-16)17-6-5-11-19-14-17/h7-10,17,19H,1-6,11-14H2/t17-/m1/s1. The highest BCUT2D eigenvalue weighted by molar-refractivity contribution is 5.94. The number of carbonyl (C=O) groups is 1. The number of piperidine rings is 1. The van der Waals surface area contributed by atoms with Crippen molar-refractivity contribution >= 4 is 5.91 Å². The first-order valence-electron chi connectivity index (χ1n) is 8.44. The van der Waals surface area contributed by atoms with Gasteiger partial charge < -0.3 is 10.2 Å². The Morgan fingerprint density at radius 1 is 1.00 bits per heavy atom. The average Bonchev–Trinajstić information content (AvgIpc) is 2.84. The van der Waals surface area contributed by atoms with Gasteiger partial charge >= 0.3 is 0 Å². The van der Waals surface area contributed by atoms with Crippen molar-refractivity contribution in [2.75, 3.05) is 26.2 Å². The Balaban J connectivity index is 1.66. The molecule has 0 aliphatic carbocycles. The zero-order valence-electron chi connectivity index (χ0n) is 12.8. The maximum atomic E-state index is 12.6. The Kier molecular flexibility index (Phi) is 4.91. The Bertz CT molecular complexity index is 455. The van der Waals surface area contributed by atoms with Gasteiger partial charge in [0.15, 0.2) is 0 Å². The van der Waals surface area contributed by atoms with Crippen LogP contribution in [0.25, 0.3) is 0 Å². The lowest BCUT2D eigenvalue weighted by atomic mass is 9.91. The summed E-state index contributed by atoms with van der Waals surface area (Å²) >= 11 is 0. The summed E-state index contributed by atoms with van der Waals surface area (Å²) in [6.07, 6.45) is 7.33. The summed E-state index contributed by atoms with van der Waals surface area (Å²) in [5.74, 6) is 0.825. The summed E-state index contributed by atoms with van der Waals surface area (Å²) in [6, 6.07) is 8.36. The van der Waals surface area contributed by atoms with Gasteiger partial charge in [0, 0.05) is 25.2 Å². The van der Waals surface area contributed by atoms with Gasteiger partial charge in [-0.15, -0.1) is 0 Å². The molecule has 2 heterocycles. The van der Waals surface area contributed by atoms with E-state index in [0.29, 0.717) is 5.92 Å². The van der Waals surface area contributed by atoms with E-state index in [0.717, 1.165) is 44.6 Å². The predicted octanol–water partition coefficient (Wildman–Crippen LogP) is 3.17. The van der Waals surface area contributed by atoms with Crippen molar-refractivity contribution in [3.8, 4) is 0 Å². The Labute approximate surface area is 127 Å². The van der Waals surface area contributed by atoms with Gasteiger partial charge in [-0.05, 0) is 55.8 Å². The number of nitrogens with one attached hydrogen (secondary N) is 1. The summed E-state index contributed by atoms with van der Waals surface area (Å²) in [7, 11) is 0. The van der Waals surface area contributed by atoms with Crippen molar-refractivity contribution in [3.05, 3.63) is 35.4 Å². The SMILES string of the molecule is O=C(c1ccc([C@@H]2CCCNC2)cc1)N1CCCCCC1. The van der Waals surface area contributed by atoms with E-state index in [1.807, 2.05) is 17.0 Å². The van der Waals surface area contributed by atoms with E-state index in [9.17, 15) is 4.79 Å². The monoisotopic (exact) mass is 286 g/mol. The molecule has 0 radical (unpaired) electrons. The largest absolute Gasteiger partial charge is 0.339 e. The number of likely N-dealkylation sites (tertiary alicyclic amines) is 1. The van der Waals surface area contributed by atoms with Crippen molar-refractivity contribution in [3.63, 3.8) is 0 Å². The van der Waals surface area contributed by atoms with Gasteiger partial charge in [0.05, 0.1) is 0 Å². The molecule has 2 saturated heterocycles. The van der Waals surface area contributed by atoms with Crippen LogP contribution in [-0.4, -0.2) is 37.0 Å². The fourth-order valence-electron chi connectivity index (χ4n) is 3.49. The van der Waals surface area contributed by atoms with Crippen LogP contribution >= 0.6 is 0 Å². The second-order valence-corrected chi connectivity index (χ2v) is 6.37. The molecule has 1 N–H and O–H groups in total. The molecule has 3 rings (SSSR count). The number of carbonyl (C=O) groups excluding carboxylic acids is 1. The molecule has 21 heavy (non-hydrogen) atoms. The molecular formula is C18H26N2O. The molecule has 3 heteroatoms. The van der Waals surface area contributed by atoms with E-state index in [4.69, 9.17) is 0 Å². The van der Waals surface area contributed by atoms with Crippen molar-refractivity contribution in [1.82, 2.24) is 10.2 Å². The van der Waals surface area contributed by atoms with Crippen LogP contribution in [0.15, 0.2) is 24.3 Å². The second-order valence-electron chi connectivity index (χ2n) is 6.37. The van der Waals surface area contributed by atoms with Gasteiger partial charge in [0.25, 0.3) is 5.91 Å². The highest BCUT2D eigenvalue weighted by Gasteiger charge is 2.19. The molecule has 2 aliphatic rings. The number of hydrogen-bond acceptors (Lipinski definition) is 2. The van der Waals surface area contributed by atoms with Gasteiger partial charge in [0.1, 0.15) is 0 Å². The summed E-state index contributed by atoms with van der Waals surface area (Å²) in [5.41, 5.74) is 2.22. The molecule has 1 aromatic rings. The quantitative estimate of drug-likeness (QED) is 0.905. The van der Waals surface area contributed by atoms with E-state index in [1.54, 1.807) is 0 Å². The van der Waals surface area contributed by atoms with Gasteiger partial charge in [-0.25, -0.2) is 0 Å². The van der Waals surface area contributed by atoms with Crippen LogP contribution < -0.4 is 5.32 Å². The van der Waals surface area contributed by atoms with Gasteiger partial charge in [-0.2, -0.15) is 0 Å². The fourth-order valence-corrected chi connectivity index (χ4v) is 3.49. The van der Waals surface area contributed by atoms with Gasteiger partial charge in [0.2, 0.25) is 0 Å². The van der Waals surface area contributed by atoms with E-state index in [2.05, 4.69) is 17.4 Å². The first kappa shape index (κ1) is 14.6. The molecule has 1 aromatic carbocycles. The van der Waals surface area contributed by atoms with Crippen molar-refractivity contribution < 1.29 is 4.79 Å². The van der Waals surface area contributed by atoms with Crippen LogP contribution in [0, 0.1) is 0 Å². The third-order valence-electron chi connectivity index (χ3n) is 4.82. The van der Waals surface area contributed by atoms with Crippen LogP contribution in [0.1, 0.15) is 60.4 Å². The number of nitrogens with zero attached hydrogens (tertiary/aromatic N) is 1. The molecular weight excluding hydrogens is 260 g/mol. The molecule has 3 nitrogen and oxygen atoms in total. The lowest BCUT2D eigenvalue weighted by molar-refractivity contribution is 0.0761. The third-order valence-corrected chi connectivity index (χ3v) is 4.82. The predicted molar refractivity (Wildman–Crippen MR) is 85.7 cm³/mol. The smallest absolute Gasteiger partial charge is 0.253 e. The summed E-state index contributed by atoms with van der Waals surface area (Å²) in [4.78, 5) is 14.6. The molecule has 0 bridgehead atoms. The van der Waals surface area contributed by atoms with Gasteiger partial charge in [-0.1, -0.05) is 25.0 Å². The van der Waals surface area contributed by atoms with Crippen molar-refractivity contribution in [2.24, 2.45) is 0 Å². The maximum Gasteiger partial charge on any atom is 0.253 e. The second kappa shape index (κ2) is 7.08. The fraction of sp³-hybridized carbons (Fsp3) is 0.611. The molecule has 1 atom stereocenters. The van der Waals surface area contributed by atoms with Crippen LogP contribution in [-0.2, 0) is 0 Å². The first-order valence-corrected chi connectivity index (χ1v) is 8.44. The van der Waals surface area contributed by atoms with Crippen molar-refractivity contribution in [1.29, 1.82) is 0 Å². The number of rotatable bonds is 2. The Hall–Kier alpha value is -1.35. The van der Waals surface area contributed by atoms with Crippen LogP contribution in [0.5, 0.6) is 0 Å². The molecule has 2 fully saturated rings. The molecule has 114 valence electrons. The van der Waals surface area contributed by atoms with Crippen LogP contribution in [0.3, 0.4) is 0 Å². The Morgan fingerprint density at radius 2 is 1.71 bits per heavy atom.